The summed E-state index contributed by atoms with van der Waals surface area (Å²) in [6.45, 7) is 6.19. The fraction of sp³-hybridized carbons (Fsp3) is 0.333. The van der Waals surface area contributed by atoms with Crippen LogP contribution >= 0.6 is 0 Å². The lowest BCUT2D eigenvalue weighted by atomic mass is 10.5. The third-order valence-electron chi connectivity index (χ3n) is 0.287. The molecule has 0 rings (SSSR count). The van der Waals surface area contributed by atoms with Crippen molar-refractivity contribution in [1.82, 2.24) is 6.15 Å². The van der Waals surface area contributed by atoms with E-state index >= 15 is 0 Å². The van der Waals surface area contributed by atoms with Crippen molar-refractivity contribution in [1.29, 1.82) is 0 Å². The molecular weight excluding hydrogens is 134 g/mol. The van der Waals surface area contributed by atoms with Gasteiger partial charge in [-0.1, -0.05) is 6.08 Å². The Kier molecular flexibility index (Phi) is 17.1. The van der Waals surface area contributed by atoms with Gasteiger partial charge in [0.25, 0.3) is 0 Å². The van der Waals surface area contributed by atoms with Gasteiger partial charge in [-0.05, 0) is 6.92 Å². The summed E-state index contributed by atoms with van der Waals surface area (Å²) < 4.78 is 0. The van der Waals surface area contributed by atoms with Crippen LogP contribution in [0.5, 0.6) is 0 Å². The van der Waals surface area contributed by atoms with Crippen LogP contribution in [0.4, 0.5) is 0 Å². The zero-order chi connectivity index (χ0) is 7.86. The highest BCUT2D eigenvalue weighted by molar-refractivity contribution is 6.30. The maximum absolute atomic E-state index is 9.48. The Hall–Kier alpha value is -1.16. The summed E-state index contributed by atoms with van der Waals surface area (Å²) in [5.74, 6) is -2.56. The van der Waals surface area contributed by atoms with E-state index in [4.69, 9.17) is 0 Å². The minimum absolute atomic E-state index is 0. The molecule has 0 saturated carbocycles. The summed E-state index contributed by atoms with van der Waals surface area (Å²) in [5, 5.41) is 9.24. The molecule has 4 heteroatoms. The van der Waals surface area contributed by atoms with Gasteiger partial charge >= 0.3 is 0 Å². The van der Waals surface area contributed by atoms with Crippen LogP contribution in [-0.4, -0.2) is 11.8 Å². The minimum Gasteiger partial charge on any atom is -0.542 e. The van der Waals surface area contributed by atoms with Crippen molar-refractivity contribution in [3.63, 3.8) is 0 Å². The number of quaternary nitrogens is 1. The Labute approximate surface area is 60.1 Å². The highest BCUT2D eigenvalue weighted by Gasteiger charge is 1.85. The predicted octanol–water partition coefficient (Wildman–Crippen LogP) is -0.106. The van der Waals surface area contributed by atoms with E-state index in [2.05, 4.69) is 6.58 Å². The van der Waals surface area contributed by atoms with Gasteiger partial charge in [-0.25, -0.2) is 0 Å². The number of rotatable bonds is 1. The zero-order valence-corrected chi connectivity index (χ0v) is 6.51. The monoisotopic (exact) mass is 147 g/mol. The van der Waals surface area contributed by atoms with Crippen molar-refractivity contribution >= 4 is 11.8 Å². The van der Waals surface area contributed by atoms with Crippen LogP contribution in [0.1, 0.15) is 13.8 Å². The third-order valence-corrected chi connectivity index (χ3v) is 0.287. The number of carbonyl (C=O) groups is 2. The molecule has 0 aromatic rings. The summed E-state index contributed by atoms with van der Waals surface area (Å²) in [6.07, 6.45) is 1.75. The van der Waals surface area contributed by atoms with E-state index in [0.29, 0.717) is 0 Å². The Morgan fingerprint density at radius 2 is 1.60 bits per heavy atom. The number of ketones is 1. The highest BCUT2D eigenvalue weighted by Crippen LogP contribution is 1.56. The summed E-state index contributed by atoms with van der Waals surface area (Å²) >= 11 is 0. The molecule has 0 aliphatic heterocycles. The number of hydrogen-bond donors (Lipinski definition) is 1. The molecule has 0 spiro atoms. The van der Waals surface area contributed by atoms with Gasteiger partial charge in [0.1, 0.15) is 5.97 Å². The minimum atomic E-state index is -1.63. The lowest BCUT2D eigenvalue weighted by Crippen LogP contribution is -2.29. The molecule has 0 atom stereocenters. The first-order valence-electron chi connectivity index (χ1n) is 2.35. The predicted molar refractivity (Wildman–Crippen MR) is 37.5 cm³/mol. The number of carboxylic acid groups (broad SMARTS) is 1. The van der Waals surface area contributed by atoms with Crippen molar-refractivity contribution < 1.29 is 14.7 Å². The van der Waals surface area contributed by atoms with Gasteiger partial charge in [0.05, 0.1) is 0 Å². The summed E-state index contributed by atoms with van der Waals surface area (Å²) in [4.78, 5) is 18.7. The maximum Gasteiger partial charge on any atom is 0.175 e. The molecular formula is C6H13NO3. The first-order chi connectivity index (χ1) is 4.06. The van der Waals surface area contributed by atoms with E-state index in [1.807, 2.05) is 6.92 Å². The van der Waals surface area contributed by atoms with Crippen LogP contribution < -0.4 is 11.3 Å². The first kappa shape index (κ1) is 15.9. The van der Waals surface area contributed by atoms with Crippen molar-refractivity contribution in [3.8, 4) is 0 Å². The van der Waals surface area contributed by atoms with Gasteiger partial charge in [-0.3, -0.25) is 4.79 Å². The average Bonchev–Trinajstić information content (AvgIpc) is 1.68. The van der Waals surface area contributed by atoms with Gasteiger partial charge in [-0.2, -0.15) is 0 Å². The molecule has 0 heterocycles. The van der Waals surface area contributed by atoms with Gasteiger partial charge in [0.2, 0.25) is 0 Å². The van der Waals surface area contributed by atoms with Crippen molar-refractivity contribution in [3.05, 3.63) is 12.7 Å². The molecule has 10 heavy (non-hydrogen) atoms. The van der Waals surface area contributed by atoms with Crippen LogP contribution in [0.25, 0.3) is 0 Å². The molecule has 0 saturated heterocycles. The summed E-state index contributed by atoms with van der Waals surface area (Å²) in [7, 11) is 0. The van der Waals surface area contributed by atoms with Crippen LogP contribution in [0.2, 0.25) is 0 Å². The van der Waals surface area contributed by atoms with Crippen molar-refractivity contribution in [2.24, 2.45) is 0 Å². The topological polar surface area (TPSA) is 93.7 Å². The molecule has 0 aromatic heterocycles. The van der Waals surface area contributed by atoms with Gasteiger partial charge in [0.15, 0.2) is 5.78 Å². The highest BCUT2D eigenvalue weighted by atomic mass is 16.4. The fourth-order valence-electron chi connectivity index (χ4n) is 0. The third kappa shape index (κ3) is 28.9. The van der Waals surface area contributed by atoms with Gasteiger partial charge in [0, 0.05) is 6.92 Å². The summed E-state index contributed by atoms with van der Waals surface area (Å²) in [6, 6.07) is 0. The second-order valence-corrected chi connectivity index (χ2v) is 1.25. The second kappa shape index (κ2) is 10.8. The maximum atomic E-state index is 9.48. The lowest BCUT2D eigenvalue weighted by Gasteiger charge is -1.87. The molecule has 0 radical (unpaired) electrons. The molecule has 4 N–H and O–H groups in total. The smallest absolute Gasteiger partial charge is 0.175 e. The average molecular weight is 147 g/mol. The van der Waals surface area contributed by atoms with Crippen LogP contribution in [-0.2, 0) is 9.59 Å². The van der Waals surface area contributed by atoms with E-state index in [1.54, 1.807) is 6.08 Å². The normalized spacial score (nSPS) is 5.80. The fourth-order valence-corrected chi connectivity index (χ4v) is 0. The van der Waals surface area contributed by atoms with E-state index in [-0.39, 0.29) is 6.15 Å². The number of aliphatic carboxylic acids is 1. The molecule has 0 aliphatic rings. The SMILES string of the molecule is C=CC.CC(=O)C(=O)[O-].[NH4+]. The Bertz CT molecular complexity index is 108. The Balaban J connectivity index is -0.000000107. The van der Waals surface area contributed by atoms with E-state index in [0.717, 1.165) is 6.92 Å². The van der Waals surface area contributed by atoms with Crippen LogP contribution in [0, 0.1) is 0 Å². The van der Waals surface area contributed by atoms with E-state index in [9.17, 15) is 14.7 Å². The summed E-state index contributed by atoms with van der Waals surface area (Å²) in [5.41, 5.74) is 0. The molecule has 0 bridgehead atoms. The molecule has 4 nitrogen and oxygen atoms in total. The first-order valence-corrected chi connectivity index (χ1v) is 2.35. The van der Waals surface area contributed by atoms with Crippen LogP contribution in [0.15, 0.2) is 12.7 Å². The quantitative estimate of drug-likeness (QED) is 0.414. The second-order valence-electron chi connectivity index (χ2n) is 1.25. The number of allylic oxidation sites excluding steroid dienone is 1. The number of carbonyl (C=O) groups excluding carboxylic acids is 2. The molecule has 0 unspecified atom stereocenters. The van der Waals surface area contributed by atoms with Crippen molar-refractivity contribution in [2.75, 3.05) is 0 Å². The standard InChI is InChI=1S/C3H4O3.C3H6.H3N/c1-2(4)3(5)6;1-3-2;/h1H3,(H,5,6);3H,1H2,2H3;1H3. The number of hydrogen-bond acceptors (Lipinski definition) is 3. The Morgan fingerprint density at radius 1 is 1.50 bits per heavy atom. The zero-order valence-electron chi connectivity index (χ0n) is 6.51. The van der Waals surface area contributed by atoms with E-state index < -0.39 is 11.8 Å². The van der Waals surface area contributed by atoms with Crippen molar-refractivity contribution in [2.45, 2.75) is 13.8 Å². The molecule has 0 aromatic carbocycles. The van der Waals surface area contributed by atoms with Gasteiger partial charge in [-0.15, -0.1) is 6.58 Å². The molecule has 0 fully saturated rings. The number of carboxylic acids is 1. The largest absolute Gasteiger partial charge is 0.542 e. The van der Waals surface area contributed by atoms with E-state index in [1.165, 1.54) is 0 Å². The molecule has 0 aliphatic carbocycles. The molecule has 60 valence electrons. The van der Waals surface area contributed by atoms with Crippen LogP contribution in [0.3, 0.4) is 0 Å². The van der Waals surface area contributed by atoms with Gasteiger partial charge < -0.3 is 16.1 Å². The lowest BCUT2D eigenvalue weighted by molar-refractivity contribution is -0.299. The molecule has 0 amide bonds. The number of Topliss-reactive ketones (excluding diaryl/α,β-unsaturated/α-hetero) is 1. The Morgan fingerprint density at radius 3 is 1.60 bits per heavy atom.